The minimum absolute atomic E-state index is 0. The largest absolute Gasteiger partial charge is 0.341 e. The summed E-state index contributed by atoms with van der Waals surface area (Å²) in [5.74, 6) is -0.694. The summed E-state index contributed by atoms with van der Waals surface area (Å²) in [5.41, 5.74) is 3.19. The molecule has 1 aliphatic rings. The molecule has 0 aliphatic carbocycles. The summed E-state index contributed by atoms with van der Waals surface area (Å²) in [6, 6.07) is 10.5. The molecule has 0 bridgehead atoms. The van der Waals surface area contributed by atoms with Gasteiger partial charge in [0.2, 0.25) is 5.91 Å². The summed E-state index contributed by atoms with van der Waals surface area (Å²) in [6.07, 6.45) is 0.613. The first-order chi connectivity index (χ1) is 13.4. The van der Waals surface area contributed by atoms with Crippen molar-refractivity contribution in [1.29, 1.82) is 0 Å². The molecule has 0 fully saturated rings. The second-order valence-electron chi connectivity index (χ2n) is 7.49. The van der Waals surface area contributed by atoms with Crippen LogP contribution in [0.2, 0.25) is 0 Å². The highest BCUT2D eigenvalue weighted by Crippen LogP contribution is 2.25. The molecule has 2 aromatic rings. The smallest absolute Gasteiger partial charge is 0.255 e. The molecule has 2 amide bonds. The fourth-order valence-electron chi connectivity index (χ4n) is 3.38. The third-order valence-corrected chi connectivity index (χ3v) is 4.96. The van der Waals surface area contributed by atoms with Gasteiger partial charge in [0.1, 0.15) is 5.82 Å². The van der Waals surface area contributed by atoms with Crippen LogP contribution in [0.1, 0.15) is 40.9 Å². The molecule has 0 unspecified atom stereocenters. The highest BCUT2D eigenvalue weighted by Gasteiger charge is 2.18. The number of rotatable bonds is 5. The van der Waals surface area contributed by atoms with Crippen molar-refractivity contribution in [2.45, 2.75) is 33.4 Å². The number of benzene rings is 2. The predicted molar refractivity (Wildman–Crippen MR) is 115 cm³/mol. The molecule has 0 radical (unpaired) electrons. The number of anilines is 1. The zero-order valence-electron chi connectivity index (χ0n) is 16.9. The van der Waals surface area contributed by atoms with Gasteiger partial charge < -0.3 is 15.5 Å². The monoisotopic (exact) mass is 419 g/mol. The Labute approximate surface area is 177 Å². The predicted octanol–water partition coefficient (Wildman–Crippen LogP) is 3.76. The van der Waals surface area contributed by atoms with E-state index >= 15 is 0 Å². The molecule has 1 aliphatic heterocycles. The van der Waals surface area contributed by atoms with Crippen LogP contribution in [0.15, 0.2) is 36.4 Å². The Balaban J connectivity index is 0.00000300. The van der Waals surface area contributed by atoms with Gasteiger partial charge in [0.15, 0.2) is 0 Å². The molecule has 2 aromatic carbocycles. The maximum absolute atomic E-state index is 14.7. The molecule has 5 nitrogen and oxygen atoms in total. The molecule has 0 saturated carbocycles. The second kappa shape index (κ2) is 9.85. The van der Waals surface area contributed by atoms with Crippen molar-refractivity contribution in [3.63, 3.8) is 0 Å². The fourth-order valence-corrected chi connectivity index (χ4v) is 3.38. The lowest BCUT2D eigenvalue weighted by molar-refractivity contribution is -0.133. The number of hydrogen-bond donors (Lipinski definition) is 2. The Bertz CT molecular complexity index is 884. The first kappa shape index (κ1) is 22.8. The van der Waals surface area contributed by atoms with Crippen molar-refractivity contribution in [2.75, 3.05) is 18.9 Å². The number of halogens is 2. The van der Waals surface area contributed by atoms with Crippen LogP contribution in [0.4, 0.5) is 10.1 Å². The van der Waals surface area contributed by atoms with Gasteiger partial charge in [-0.1, -0.05) is 32.0 Å². The van der Waals surface area contributed by atoms with E-state index in [9.17, 15) is 14.0 Å². The van der Waals surface area contributed by atoms with Crippen LogP contribution < -0.4 is 10.6 Å². The van der Waals surface area contributed by atoms with E-state index in [1.54, 1.807) is 30.1 Å². The van der Waals surface area contributed by atoms with E-state index < -0.39 is 0 Å². The second-order valence-corrected chi connectivity index (χ2v) is 7.49. The maximum Gasteiger partial charge on any atom is 0.255 e. The number of hydrogen-bond acceptors (Lipinski definition) is 3. The van der Waals surface area contributed by atoms with Gasteiger partial charge >= 0.3 is 0 Å². The van der Waals surface area contributed by atoms with Crippen LogP contribution >= 0.6 is 12.4 Å². The number of nitrogens with one attached hydrogen (secondary N) is 2. The molecule has 29 heavy (non-hydrogen) atoms. The quantitative estimate of drug-likeness (QED) is 0.775. The Morgan fingerprint density at radius 2 is 1.86 bits per heavy atom. The third kappa shape index (κ3) is 5.34. The van der Waals surface area contributed by atoms with E-state index in [-0.39, 0.29) is 41.6 Å². The lowest BCUT2D eigenvalue weighted by Gasteiger charge is -2.20. The number of amides is 2. The van der Waals surface area contributed by atoms with Gasteiger partial charge in [-0.2, -0.15) is 0 Å². The minimum atomic E-state index is -0.356. The summed E-state index contributed by atoms with van der Waals surface area (Å²) >= 11 is 0. The molecular formula is C22H27ClFN3O2. The van der Waals surface area contributed by atoms with Crippen molar-refractivity contribution in [3.05, 3.63) is 64.5 Å². The van der Waals surface area contributed by atoms with E-state index in [0.717, 1.165) is 17.7 Å². The lowest BCUT2D eigenvalue weighted by Crippen LogP contribution is -2.29. The highest BCUT2D eigenvalue weighted by molar-refractivity contribution is 6.04. The topological polar surface area (TPSA) is 61.4 Å². The summed E-state index contributed by atoms with van der Waals surface area (Å²) < 4.78 is 14.7. The van der Waals surface area contributed by atoms with E-state index in [0.29, 0.717) is 30.6 Å². The molecule has 7 heteroatoms. The maximum atomic E-state index is 14.7. The number of nitrogens with zero attached hydrogens (tertiary/aromatic N) is 1. The molecule has 2 N–H and O–H groups in total. The van der Waals surface area contributed by atoms with Crippen molar-refractivity contribution in [1.82, 2.24) is 10.2 Å². The van der Waals surface area contributed by atoms with Gasteiger partial charge in [0.05, 0.1) is 5.69 Å². The van der Waals surface area contributed by atoms with Crippen molar-refractivity contribution in [3.8, 4) is 0 Å². The molecule has 0 saturated heterocycles. The molecule has 156 valence electrons. The van der Waals surface area contributed by atoms with Crippen LogP contribution in [0.3, 0.4) is 0 Å². The highest BCUT2D eigenvalue weighted by atomic mass is 35.5. The van der Waals surface area contributed by atoms with Crippen LogP contribution in [0, 0.1) is 11.7 Å². The normalized spacial score (nSPS) is 12.7. The summed E-state index contributed by atoms with van der Waals surface area (Å²) in [4.78, 5) is 26.2. The fraction of sp³-hybridized carbons (Fsp3) is 0.364. The molecule has 3 rings (SSSR count). The van der Waals surface area contributed by atoms with E-state index in [1.807, 2.05) is 32.0 Å². The first-order valence-electron chi connectivity index (χ1n) is 9.53. The SMILES string of the molecule is CC(C)C(=O)N(C)Cc1ccc(C(=O)Nc2ccc3c(c2F)CCNC3)cc1.Cl. The zero-order chi connectivity index (χ0) is 20.3. The average molecular weight is 420 g/mol. The minimum Gasteiger partial charge on any atom is -0.341 e. The molecule has 0 atom stereocenters. The Hall–Kier alpha value is -2.44. The number of carbonyl (C=O) groups excluding carboxylic acids is 2. The molecular weight excluding hydrogens is 393 g/mol. The standard InChI is InChI=1S/C22H26FN3O2.ClH/c1-14(2)22(28)26(3)13-15-4-6-16(7-5-15)21(27)25-19-9-8-17-12-24-11-10-18(17)20(19)23;/h4-9,14,24H,10-13H2,1-3H3,(H,25,27);1H. The molecule has 1 heterocycles. The molecule has 0 spiro atoms. The lowest BCUT2D eigenvalue weighted by atomic mass is 9.99. The number of fused-ring (bicyclic) bond motifs is 1. The summed E-state index contributed by atoms with van der Waals surface area (Å²) in [6.45, 7) is 5.59. The summed E-state index contributed by atoms with van der Waals surface area (Å²) in [7, 11) is 1.76. The van der Waals surface area contributed by atoms with Crippen molar-refractivity contribution in [2.24, 2.45) is 5.92 Å². The van der Waals surface area contributed by atoms with Crippen LogP contribution in [0.25, 0.3) is 0 Å². The van der Waals surface area contributed by atoms with Gasteiger partial charge in [-0.3, -0.25) is 9.59 Å². The van der Waals surface area contributed by atoms with Gasteiger partial charge in [-0.05, 0) is 47.9 Å². The Morgan fingerprint density at radius 1 is 1.17 bits per heavy atom. The Morgan fingerprint density at radius 3 is 2.52 bits per heavy atom. The van der Waals surface area contributed by atoms with E-state index in [2.05, 4.69) is 10.6 Å². The van der Waals surface area contributed by atoms with E-state index in [1.165, 1.54) is 0 Å². The third-order valence-electron chi connectivity index (χ3n) is 4.96. The van der Waals surface area contributed by atoms with Gasteiger partial charge in [0.25, 0.3) is 5.91 Å². The summed E-state index contributed by atoms with van der Waals surface area (Å²) in [5, 5.41) is 5.88. The van der Waals surface area contributed by atoms with Crippen molar-refractivity contribution < 1.29 is 14.0 Å². The van der Waals surface area contributed by atoms with Gasteiger partial charge in [-0.25, -0.2) is 4.39 Å². The van der Waals surface area contributed by atoms with Crippen LogP contribution in [-0.2, 0) is 24.3 Å². The van der Waals surface area contributed by atoms with Gasteiger partial charge in [-0.15, -0.1) is 12.4 Å². The van der Waals surface area contributed by atoms with E-state index in [4.69, 9.17) is 0 Å². The average Bonchev–Trinajstić information content (AvgIpc) is 2.70. The van der Waals surface area contributed by atoms with Crippen molar-refractivity contribution >= 4 is 29.9 Å². The first-order valence-corrected chi connectivity index (χ1v) is 9.53. The van der Waals surface area contributed by atoms with Crippen LogP contribution in [0.5, 0.6) is 0 Å². The Kier molecular flexibility index (Phi) is 7.76. The zero-order valence-corrected chi connectivity index (χ0v) is 17.7. The van der Waals surface area contributed by atoms with Gasteiger partial charge in [0, 0.05) is 31.6 Å². The number of carbonyl (C=O) groups is 2. The van der Waals surface area contributed by atoms with Crippen LogP contribution in [-0.4, -0.2) is 30.3 Å². The molecule has 0 aromatic heterocycles.